The number of ether oxygens (including phenoxy) is 1. The molecule has 3 nitrogen and oxygen atoms in total. The minimum atomic E-state index is 0.0503. The fourth-order valence-electron chi connectivity index (χ4n) is 4.42. The molecule has 1 heterocycles. The van der Waals surface area contributed by atoms with Crippen LogP contribution in [0.15, 0.2) is 24.3 Å². The maximum Gasteiger partial charge on any atom is 0.261 e. The maximum atomic E-state index is 12.7. The van der Waals surface area contributed by atoms with E-state index in [9.17, 15) is 4.79 Å². The molecule has 0 saturated heterocycles. The molecule has 4 heteroatoms. The van der Waals surface area contributed by atoms with Crippen LogP contribution in [0.5, 0.6) is 5.75 Å². The van der Waals surface area contributed by atoms with Gasteiger partial charge in [0.25, 0.3) is 5.91 Å². The fraction of sp³-hybridized carbons (Fsp3) is 0.450. The van der Waals surface area contributed by atoms with Crippen LogP contribution in [-0.4, -0.2) is 13.0 Å². The molecule has 4 rings (SSSR count). The van der Waals surface area contributed by atoms with E-state index >= 15 is 0 Å². The summed E-state index contributed by atoms with van der Waals surface area (Å²) in [6.07, 6.45) is 1.06. The summed E-state index contributed by atoms with van der Waals surface area (Å²) in [4.78, 5) is 15.0. The molecule has 0 spiro atoms. The van der Waals surface area contributed by atoms with Crippen LogP contribution in [0.3, 0.4) is 0 Å². The highest BCUT2D eigenvalue weighted by molar-refractivity contribution is 7.14. The molecule has 1 fully saturated rings. The second kappa shape index (κ2) is 5.35. The minimum absolute atomic E-state index is 0.0503. The molecular weight excluding hydrogens is 318 g/mol. The van der Waals surface area contributed by atoms with Crippen LogP contribution in [0.25, 0.3) is 0 Å². The first kappa shape index (κ1) is 15.7. The minimum Gasteiger partial charge on any atom is -0.496 e. The molecule has 2 unspecified atom stereocenters. The molecule has 2 aromatic rings. The Morgan fingerprint density at radius 2 is 2.12 bits per heavy atom. The predicted octanol–water partition coefficient (Wildman–Crippen LogP) is 4.29. The number of fused-ring (bicyclic) bond motifs is 3. The molecule has 24 heavy (non-hydrogen) atoms. The Labute approximate surface area is 147 Å². The lowest BCUT2D eigenvalue weighted by Crippen LogP contribution is -2.23. The smallest absolute Gasteiger partial charge is 0.261 e. The number of nitrogens with one attached hydrogen (secondary N) is 1. The van der Waals surface area contributed by atoms with Gasteiger partial charge in [-0.3, -0.25) is 4.79 Å². The summed E-state index contributed by atoms with van der Waals surface area (Å²) in [6, 6.07) is 7.81. The molecule has 1 N–H and O–H groups in total. The number of methoxy groups -OCH3 is 1. The Bertz CT molecular complexity index is 821. The summed E-state index contributed by atoms with van der Waals surface area (Å²) < 4.78 is 5.36. The molecular formula is C20H23NO2S. The number of amides is 1. The molecule has 2 aliphatic carbocycles. The van der Waals surface area contributed by atoms with Crippen LogP contribution in [0.1, 0.15) is 51.0 Å². The Balaban J connectivity index is 1.53. The van der Waals surface area contributed by atoms with E-state index in [0.717, 1.165) is 28.5 Å². The second-order valence-corrected chi connectivity index (χ2v) is 8.71. The van der Waals surface area contributed by atoms with Crippen molar-refractivity contribution in [3.8, 4) is 5.75 Å². The monoisotopic (exact) mass is 341 g/mol. The van der Waals surface area contributed by atoms with Gasteiger partial charge in [0.1, 0.15) is 5.75 Å². The lowest BCUT2D eigenvalue weighted by molar-refractivity contribution is 0.0953. The Morgan fingerprint density at radius 3 is 2.88 bits per heavy atom. The van der Waals surface area contributed by atoms with Gasteiger partial charge in [-0.2, -0.15) is 0 Å². The summed E-state index contributed by atoms with van der Waals surface area (Å²) >= 11 is 1.66. The van der Waals surface area contributed by atoms with Gasteiger partial charge in [-0.05, 0) is 47.8 Å². The lowest BCUT2D eigenvalue weighted by Gasteiger charge is -2.11. The van der Waals surface area contributed by atoms with Crippen molar-refractivity contribution in [3.63, 3.8) is 0 Å². The first-order chi connectivity index (χ1) is 11.4. The van der Waals surface area contributed by atoms with Gasteiger partial charge in [0.2, 0.25) is 0 Å². The number of carbonyl (C=O) groups excluding carboxylic acids is 1. The molecule has 1 saturated carbocycles. The third-order valence-corrected chi connectivity index (χ3v) is 7.02. The number of carbonyl (C=O) groups is 1. The van der Waals surface area contributed by atoms with Gasteiger partial charge in [0.05, 0.1) is 12.0 Å². The van der Waals surface area contributed by atoms with Crippen molar-refractivity contribution in [2.75, 3.05) is 7.11 Å². The maximum absolute atomic E-state index is 12.7. The van der Waals surface area contributed by atoms with Crippen molar-refractivity contribution in [2.24, 2.45) is 11.3 Å². The lowest BCUT2D eigenvalue weighted by atomic mass is 9.95. The summed E-state index contributed by atoms with van der Waals surface area (Å²) in [5.74, 6) is 2.26. The molecule has 0 radical (unpaired) electrons. The number of hydrogen-bond acceptors (Lipinski definition) is 3. The second-order valence-electron chi connectivity index (χ2n) is 7.48. The topological polar surface area (TPSA) is 38.3 Å². The van der Waals surface area contributed by atoms with E-state index in [0.29, 0.717) is 17.9 Å². The summed E-state index contributed by atoms with van der Waals surface area (Å²) in [6.45, 7) is 7.36. The van der Waals surface area contributed by atoms with E-state index in [-0.39, 0.29) is 5.91 Å². The first-order valence-corrected chi connectivity index (χ1v) is 9.29. The van der Waals surface area contributed by atoms with E-state index in [1.54, 1.807) is 18.4 Å². The fourth-order valence-corrected chi connectivity index (χ4v) is 5.57. The van der Waals surface area contributed by atoms with Gasteiger partial charge in [-0.1, -0.05) is 32.0 Å². The molecule has 2 aliphatic rings. The van der Waals surface area contributed by atoms with Gasteiger partial charge in [0.15, 0.2) is 0 Å². The highest BCUT2D eigenvalue weighted by atomic mass is 32.1. The van der Waals surface area contributed by atoms with Crippen LogP contribution < -0.4 is 10.1 Å². The van der Waals surface area contributed by atoms with Crippen molar-refractivity contribution in [3.05, 3.63) is 50.7 Å². The first-order valence-electron chi connectivity index (χ1n) is 8.47. The average Bonchev–Trinajstić information content (AvgIpc) is 2.92. The zero-order chi connectivity index (χ0) is 17.1. The number of thiophene rings is 1. The average molecular weight is 341 g/mol. The summed E-state index contributed by atoms with van der Waals surface area (Å²) in [5, 5.41) is 3.07. The molecule has 1 aromatic heterocycles. The van der Waals surface area contributed by atoms with Gasteiger partial charge >= 0.3 is 0 Å². The molecule has 1 amide bonds. The summed E-state index contributed by atoms with van der Waals surface area (Å²) in [7, 11) is 1.66. The van der Waals surface area contributed by atoms with E-state index in [4.69, 9.17) is 4.74 Å². The molecule has 0 bridgehead atoms. The molecule has 126 valence electrons. The van der Waals surface area contributed by atoms with Crippen molar-refractivity contribution in [2.45, 2.75) is 39.7 Å². The zero-order valence-corrected chi connectivity index (χ0v) is 15.4. The normalized spacial score (nSPS) is 22.7. The van der Waals surface area contributed by atoms with E-state index in [2.05, 4.69) is 26.1 Å². The van der Waals surface area contributed by atoms with E-state index in [1.807, 2.05) is 24.3 Å². The largest absolute Gasteiger partial charge is 0.496 e. The predicted molar refractivity (Wildman–Crippen MR) is 96.9 cm³/mol. The summed E-state index contributed by atoms with van der Waals surface area (Å²) in [5.41, 5.74) is 4.20. The van der Waals surface area contributed by atoms with E-state index < -0.39 is 0 Å². The van der Waals surface area contributed by atoms with Crippen LogP contribution in [-0.2, 0) is 13.0 Å². The van der Waals surface area contributed by atoms with Gasteiger partial charge in [-0.25, -0.2) is 0 Å². The van der Waals surface area contributed by atoms with Gasteiger partial charge in [-0.15, -0.1) is 11.3 Å². The highest BCUT2D eigenvalue weighted by Crippen LogP contribution is 2.71. The number of rotatable bonds is 4. The molecule has 2 atom stereocenters. The van der Waals surface area contributed by atoms with Crippen LogP contribution in [0.4, 0.5) is 0 Å². The number of benzene rings is 1. The van der Waals surface area contributed by atoms with Crippen molar-refractivity contribution >= 4 is 17.2 Å². The third-order valence-electron chi connectivity index (χ3n) is 5.86. The third kappa shape index (κ3) is 2.20. The zero-order valence-electron chi connectivity index (χ0n) is 14.6. The quantitative estimate of drug-likeness (QED) is 0.901. The number of aryl methyl sites for hydroxylation is 1. The van der Waals surface area contributed by atoms with Crippen molar-refractivity contribution in [1.82, 2.24) is 5.32 Å². The van der Waals surface area contributed by atoms with Gasteiger partial charge in [0, 0.05) is 17.0 Å². The van der Waals surface area contributed by atoms with Gasteiger partial charge < -0.3 is 10.1 Å². The van der Waals surface area contributed by atoms with Crippen LogP contribution >= 0.6 is 11.3 Å². The van der Waals surface area contributed by atoms with E-state index in [1.165, 1.54) is 16.0 Å². The van der Waals surface area contributed by atoms with Crippen molar-refractivity contribution < 1.29 is 9.53 Å². The van der Waals surface area contributed by atoms with Crippen LogP contribution in [0.2, 0.25) is 0 Å². The van der Waals surface area contributed by atoms with Crippen LogP contribution in [0, 0.1) is 18.3 Å². The Morgan fingerprint density at radius 1 is 1.38 bits per heavy atom. The standard InChI is InChI=1S/C20H23NO2S/c1-11-16-13(9-14-17(16)20(14,2)3)18(24-11)19(22)21-10-12-7-5-6-8-15(12)23-4/h5-8,14,17H,9-10H2,1-4H3,(H,21,22). The Kier molecular flexibility index (Phi) is 3.50. The Hall–Kier alpha value is -1.81. The molecule has 0 aliphatic heterocycles. The highest BCUT2D eigenvalue weighted by Gasteiger charge is 2.63. The number of hydrogen-bond donors (Lipinski definition) is 1. The van der Waals surface area contributed by atoms with Crippen molar-refractivity contribution in [1.29, 1.82) is 0 Å². The SMILES string of the molecule is COc1ccccc1CNC(=O)c1sc(C)c2c1CC1C2C1(C)C. The molecule has 1 aromatic carbocycles. The number of para-hydroxylation sites is 1.